The second kappa shape index (κ2) is 7.05. The quantitative estimate of drug-likeness (QED) is 0.357. The van der Waals surface area contributed by atoms with E-state index >= 15 is 0 Å². The third-order valence-electron chi connectivity index (χ3n) is 4.83. The molecule has 0 spiro atoms. The van der Waals surface area contributed by atoms with Crippen molar-refractivity contribution in [3.63, 3.8) is 0 Å². The first-order valence-electron chi connectivity index (χ1n) is 9.54. The van der Waals surface area contributed by atoms with E-state index in [9.17, 15) is 24.5 Å². The van der Waals surface area contributed by atoms with Crippen molar-refractivity contribution in [2.24, 2.45) is 0 Å². The van der Waals surface area contributed by atoms with Crippen molar-refractivity contribution in [1.29, 1.82) is 0 Å². The summed E-state index contributed by atoms with van der Waals surface area (Å²) in [6.07, 6.45) is 0.663. The van der Waals surface area contributed by atoms with Gasteiger partial charge in [0.25, 0.3) is 17.5 Å². The largest absolute Gasteiger partial charge is 0.443 e. The van der Waals surface area contributed by atoms with Gasteiger partial charge in [0.2, 0.25) is 0 Å². The summed E-state index contributed by atoms with van der Waals surface area (Å²) in [5.74, 6) is -0.899. The van der Waals surface area contributed by atoms with Crippen molar-refractivity contribution >= 4 is 34.5 Å². The SMILES string of the molecule is CC(C)(C)OC(=O)n1ccc2cc(CN3C(=O)c4ccccc4C3=O)cc([N+](=O)[O-])c21. The summed E-state index contributed by atoms with van der Waals surface area (Å²) in [5, 5.41) is 12.2. The van der Waals surface area contributed by atoms with E-state index in [2.05, 4.69) is 0 Å². The van der Waals surface area contributed by atoms with Crippen LogP contribution in [0.1, 0.15) is 47.1 Å². The Balaban J connectivity index is 1.73. The molecule has 9 nitrogen and oxygen atoms in total. The van der Waals surface area contributed by atoms with Gasteiger partial charge in [-0.2, -0.15) is 0 Å². The second-order valence-electron chi connectivity index (χ2n) is 8.22. The number of imide groups is 1. The minimum atomic E-state index is -0.770. The Morgan fingerprint density at radius 1 is 1.06 bits per heavy atom. The molecule has 2 amide bonds. The van der Waals surface area contributed by atoms with Crippen LogP contribution >= 0.6 is 0 Å². The number of aromatic nitrogens is 1. The summed E-state index contributed by atoms with van der Waals surface area (Å²) in [4.78, 5) is 50.0. The van der Waals surface area contributed by atoms with Gasteiger partial charge in [0.05, 0.1) is 22.6 Å². The van der Waals surface area contributed by atoms with Crippen molar-refractivity contribution in [2.75, 3.05) is 0 Å². The van der Waals surface area contributed by atoms with Crippen LogP contribution in [-0.2, 0) is 11.3 Å². The first-order chi connectivity index (χ1) is 14.6. The average molecular weight is 421 g/mol. The number of carbonyl (C=O) groups excluding carboxylic acids is 3. The van der Waals surface area contributed by atoms with Crippen LogP contribution in [0.5, 0.6) is 0 Å². The molecule has 158 valence electrons. The predicted molar refractivity (Wildman–Crippen MR) is 111 cm³/mol. The van der Waals surface area contributed by atoms with Gasteiger partial charge < -0.3 is 4.74 Å². The zero-order chi connectivity index (χ0) is 22.5. The molecule has 0 atom stereocenters. The first kappa shape index (κ1) is 20.3. The Morgan fingerprint density at radius 2 is 1.68 bits per heavy atom. The summed E-state index contributed by atoms with van der Waals surface area (Å²) in [6, 6.07) is 10.9. The fourth-order valence-electron chi connectivity index (χ4n) is 3.58. The molecule has 0 aliphatic carbocycles. The van der Waals surface area contributed by atoms with Crippen LogP contribution < -0.4 is 0 Å². The van der Waals surface area contributed by atoms with Gasteiger partial charge in [-0.3, -0.25) is 24.6 Å². The Morgan fingerprint density at radius 3 is 2.23 bits per heavy atom. The summed E-state index contributed by atoms with van der Waals surface area (Å²) < 4.78 is 6.42. The Bertz CT molecular complexity index is 1230. The number of ether oxygens (including phenoxy) is 1. The van der Waals surface area contributed by atoms with E-state index in [-0.39, 0.29) is 17.7 Å². The number of carbonyl (C=O) groups is 3. The monoisotopic (exact) mass is 421 g/mol. The lowest BCUT2D eigenvalue weighted by atomic mass is 10.1. The van der Waals surface area contributed by atoms with Gasteiger partial charge >= 0.3 is 6.09 Å². The Hall–Kier alpha value is -4.01. The number of non-ortho nitro benzene ring substituents is 1. The smallest absolute Gasteiger partial charge is 0.419 e. The maximum absolute atomic E-state index is 12.6. The van der Waals surface area contributed by atoms with Crippen LogP contribution in [0.2, 0.25) is 0 Å². The van der Waals surface area contributed by atoms with E-state index in [0.717, 1.165) is 9.47 Å². The summed E-state index contributed by atoms with van der Waals surface area (Å²) in [5.41, 5.74) is 0.00716. The number of hydrogen-bond acceptors (Lipinski definition) is 6. The number of rotatable bonds is 3. The van der Waals surface area contributed by atoms with Gasteiger partial charge in [0.1, 0.15) is 11.1 Å². The van der Waals surface area contributed by atoms with Gasteiger partial charge in [-0.1, -0.05) is 12.1 Å². The van der Waals surface area contributed by atoms with E-state index in [1.165, 1.54) is 12.3 Å². The highest BCUT2D eigenvalue weighted by atomic mass is 16.6. The van der Waals surface area contributed by atoms with Gasteiger partial charge in [-0.05, 0) is 50.6 Å². The fourth-order valence-corrected chi connectivity index (χ4v) is 3.58. The second-order valence-corrected chi connectivity index (χ2v) is 8.22. The molecule has 0 saturated heterocycles. The van der Waals surface area contributed by atoms with E-state index < -0.39 is 28.4 Å². The van der Waals surface area contributed by atoms with Gasteiger partial charge in [-0.15, -0.1) is 0 Å². The number of nitro benzene ring substituents is 1. The van der Waals surface area contributed by atoms with Crippen molar-refractivity contribution in [2.45, 2.75) is 32.9 Å². The zero-order valence-corrected chi connectivity index (χ0v) is 17.1. The van der Waals surface area contributed by atoms with E-state index in [0.29, 0.717) is 22.1 Å². The fraction of sp³-hybridized carbons (Fsp3) is 0.227. The number of hydrogen-bond donors (Lipinski definition) is 0. The van der Waals surface area contributed by atoms with Crippen LogP contribution in [0.25, 0.3) is 10.9 Å². The van der Waals surface area contributed by atoms with E-state index in [4.69, 9.17) is 4.74 Å². The highest BCUT2D eigenvalue weighted by Crippen LogP contribution is 2.31. The minimum absolute atomic E-state index is 0.0883. The maximum atomic E-state index is 12.6. The molecular formula is C22H19N3O6. The lowest BCUT2D eigenvalue weighted by Crippen LogP contribution is -2.29. The third kappa shape index (κ3) is 3.54. The molecule has 9 heteroatoms. The molecule has 1 aliphatic heterocycles. The van der Waals surface area contributed by atoms with E-state index in [1.54, 1.807) is 57.2 Å². The lowest BCUT2D eigenvalue weighted by molar-refractivity contribution is -0.383. The molecule has 2 heterocycles. The molecule has 0 fully saturated rings. The van der Waals surface area contributed by atoms with Crippen LogP contribution in [-0.4, -0.2) is 37.9 Å². The summed E-state index contributed by atoms with van der Waals surface area (Å²) in [6.45, 7) is 4.97. The predicted octanol–water partition coefficient (Wildman–Crippen LogP) is 4.13. The molecule has 2 aromatic carbocycles. The first-order valence-corrected chi connectivity index (χ1v) is 9.54. The van der Waals surface area contributed by atoms with Crippen molar-refractivity contribution in [3.8, 4) is 0 Å². The maximum Gasteiger partial charge on any atom is 0.419 e. The number of benzene rings is 2. The molecule has 0 bridgehead atoms. The lowest BCUT2D eigenvalue weighted by Gasteiger charge is -2.19. The Labute approximate surface area is 177 Å². The summed E-state index contributed by atoms with van der Waals surface area (Å²) in [7, 11) is 0. The number of nitro groups is 1. The minimum Gasteiger partial charge on any atom is -0.443 e. The molecule has 4 rings (SSSR count). The molecule has 1 aromatic heterocycles. The highest BCUT2D eigenvalue weighted by molar-refractivity contribution is 6.21. The van der Waals surface area contributed by atoms with Crippen molar-refractivity contribution in [3.05, 3.63) is 75.5 Å². The van der Waals surface area contributed by atoms with Crippen molar-refractivity contribution < 1.29 is 24.0 Å². The molecule has 1 aliphatic rings. The number of fused-ring (bicyclic) bond motifs is 2. The standard InChI is InChI=1S/C22H19N3O6/c1-22(2,3)31-21(28)23-9-8-14-10-13(11-17(18(14)23)25(29)30)12-24-19(26)15-6-4-5-7-16(15)20(24)27/h4-11H,12H2,1-3H3. The van der Waals surface area contributed by atoms with Gasteiger partial charge in [-0.25, -0.2) is 9.36 Å². The number of nitrogens with zero attached hydrogens (tertiary/aromatic N) is 3. The molecule has 0 saturated carbocycles. The van der Waals surface area contributed by atoms with Crippen molar-refractivity contribution in [1.82, 2.24) is 9.47 Å². The third-order valence-corrected chi connectivity index (χ3v) is 4.83. The van der Waals surface area contributed by atoms with Gasteiger partial charge in [0.15, 0.2) is 0 Å². The van der Waals surface area contributed by atoms with Crippen LogP contribution in [0, 0.1) is 10.1 Å². The molecular weight excluding hydrogens is 402 g/mol. The Kier molecular flexibility index (Phi) is 4.61. The number of amides is 2. The van der Waals surface area contributed by atoms with E-state index in [1.807, 2.05) is 0 Å². The van der Waals surface area contributed by atoms with Crippen LogP contribution in [0.15, 0.2) is 48.7 Å². The molecule has 0 unspecified atom stereocenters. The van der Waals surface area contributed by atoms with Crippen LogP contribution in [0.4, 0.5) is 10.5 Å². The topological polar surface area (TPSA) is 112 Å². The molecule has 0 radical (unpaired) electrons. The molecule has 0 N–H and O–H groups in total. The molecule has 3 aromatic rings. The normalized spacial score (nSPS) is 13.6. The highest BCUT2D eigenvalue weighted by Gasteiger charge is 2.35. The van der Waals surface area contributed by atoms with Crippen LogP contribution in [0.3, 0.4) is 0 Å². The molecule has 31 heavy (non-hydrogen) atoms. The average Bonchev–Trinajstić information content (AvgIpc) is 3.22. The van der Waals surface area contributed by atoms with Gasteiger partial charge in [0, 0.05) is 17.6 Å². The zero-order valence-electron chi connectivity index (χ0n) is 17.1. The summed E-state index contributed by atoms with van der Waals surface area (Å²) >= 11 is 0.